The largest absolute Gasteiger partial charge is 0.355 e. The second-order valence-electron chi connectivity index (χ2n) is 7.60. The van der Waals surface area contributed by atoms with Crippen molar-refractivity contribution in [2.75, 3.05) is 18.0 Å². The molecule has 1 fully saturated rings. The third kappa shape index (κ3) is 3.85. The number of para-hydroxylation sites is 2. The Morgan fingerprint density at radius 1 is 1.10 bits per heavy atom. The molecule has 1 atom stereocenters. The fourth-order valence-electron chi connectivity index (χ4n) is 3.69. The predicted octanol–water partition coefficient (Wildman–Crippen LogP) is 4.56. The monoisotopic (exact) mass is 440 g/mol. The summed E-state index contributed by atoms with van der Waals surface area (Å²) in [5, 5.41) is 8.74. The average molecular weight is 441 g/mol. The van der Waals surface area contributed by atoms with Gasteiger partial charge in [0.15, 0.2) is 11.1 Å². The van der Waals surface area contributed by atoms with E-state index in [0.29, 0.717) is 27.8 Å². The molecular weight excluding hydrogens is 420 g/mol. The van der Waals surface area contributed by atoms with Gasteiger partial charge < -0.3 is 4.90 Å². The number of halogens is 1. The van der Waals surface area contributed by atoms with E-state index in [1.54, 1.807) is 18.2 Å². The Labute approximate surface area is 181 Å². The van der Waals surface area contributed by atoms with Gasteiger partial charge in [0.25, 0.3) is 0 Å². The molecule has 0 aliphatic carbocycles. The van der Waals surface area contributed by atoms with Crippen molar-refractivity contribution in [3.8, 4) is 6.07 Å². The second kappa shape index (κ2) is 8.21. The lowest BCUT2D eigenvalue weighted by Crippen LogP contribution is -2.35. The lowest BCUT2D eigenvalue weighted by molar-refractivity contribution is 0.436. The Morgan fingerprint density at radius 2 is 1.77 bits per heavy atom. The van der Waals surface area contributed by atoms with E-state index in [1.807, 2.05) is 29.2 Å². The van der Waals surface area contributed by atoms with Crippen LogP contribution in [0.5, 0.6) is 0 Å². The zero-order valence-corrected chi connectivity index (χ0v) is 18.1. The molecule has 3 aromatic rings. The van der Waals surface area contributed by atoms with Gasteiger partial charge in [-0.2, -0.15) is 5.26 Å². The van der Waals surface area contributed by atoms with Gasteiger partial charge in [-0.25, -0.2) is 18.4 Å². The van der Waals surface area contributed by atoms with Crippen molar-refractivity contribution in [2.45, 2.75) is 29.9 Å². The molecule has 0 radical (unpaired) electrons. The average Bonchev–Trinajstić information content (AvgIpc) is 2.74. The van der Waals surface area contributed by atoms with Gasteiger partial charge in [0.2, 0.25) is 9.84 Å². The molecule has 1 aliphatic rings. The fraction of sp³-hybridized carbons (Fsp3) is 0.318. The minimum absolute atomic E-state index is 0.00488. The summed E-state index contributed by atoms with van der Waals surface area (Å²) >= 11 is 6.01. The Morgan fingerprint density at radius 3 is 2.40 bits per heavy atom. The van der Waals surface area contributed by atoms with Crippen molar-refractivity contribution < 1.29 is 8.42 Å². The number of hydrogen-bond donors (Lipinski definition) is 0. The summed E-state index contributed by atoms with van der Waals surface area (Å²) < 4.78 is 26.7. The molecule has 0 spiro atoms. The zero-order chi connectivity index (χ0) is 21.3. The minimum atomic E-state index is -4.04. The first kappa shape index (κ1) is 20.6. The maximum Gasteiger partial charge on any atom is 0.200 e. The lowest BCUT2D eigenvalue weighted by Gasteiger charge is -2.32. The summed E-state index contributed by atoms with van der Waals surface area (Å²) in [7, 11) is -4.04. The van der Waals surface area contributed by atoms with Crippen LogP contribution in [-0.4, -0.2) is 31.5 Å². The van der Waals surface area contributed by atoms with Gasteiger partial charge in [0.05, 0.1) is 22.0 Å². The zero-order valence-electron chi connectivity index (χ0n) is 16.5. The molecule has 2 aromatic carbocycles. The van der Waals surface area contributed by atoms with Crippen LogP contribution in [0.4, 0.5) is 5.82 Å². The first-order valence-electron chi connectivity index (χ1n) is 9.81. The van der Waals surface area contributed by atoms with E-state index in [9.17, 15) is 13.7 Å². The van der Waals surface area contributed by atoms with Crippen LogP contribution in [-0.2, 0) is 9.84 Å². The maximum atomic E-state index is 13.4. The van der Waals surface area contributed by atoms with Crippen molar-refractivity contribution in [1.29, 1.82) is 5.26 Å². The predicted molar refractivity (Wildman–Crippen MR) is 117 cm³/mol. The molecule has 30 heavy (non-hydrogen) atoms. The molecule has 0 saturated carbocycles. The molecule has 0 bridgehead atoms. The van der Waals surface area contributed by atoms with Crippen LogP contribution >= 0.6 is 11.6 Å². The van der Waals surface area contributed by atoms with Gasteiger partial charge in [-0.05, 0) is 49.1 Å². The van der Waals surface area contributed by atoms with Crippen LogP contribution in [0.3, 0.4) is 0 Å². The highest BCUT2D eigenvalue weighted by molar-refractivity contribution is 7.92. The van der Waals surface area contributed by atoms with Crippen LogP contribution in [0.15, 0.2) is 53.4 Å². The van der Waals surface area contributed by atoms with Gasteiger partial charge >= 0.3 is 0 Å². The minimum Gasteiger partial charge on any atom is -0.355 e. The Hall–Kier alpha value is -2.69. The third-order valence-electron chi connectivity index (χ3n) is 5.46. The van der Waals surface area contributed by atoms with E-state index in [-0.39, 0.29) is 10.6 Å². The maximum absolute atomic E-state index is 13.4. The molecule has 1 aromatic heterocycles. The van der Waals surface area contributed by atoms with Gasteiger partial charge in [-0.3, -0.25) is 0 Å². The van der Waals surface area contributed by atoms with E-state index in [2.05, 4.69) is 11.9 Å². The van der Waals surface area contributed by atoms with Crippen molar-refractivity contribution in [2.24, 2.45) is 5.92 Å². The number of piperidine rings is 1. The Bertz CT molecular complexity index is 1230. The van der Waals surface area contributed by atoms with E-state index in [1.165, 1.54) is 12.1 Å². The number of nitrogens with zero attached hydrogens (tertiary/aromatic N) is 4. The highest BCUT2D eigenvalue weighted by atomic mass is 35.5. The second-order valence-corrected chi connectivity index (χ2v) is 10.1. The molecule has 1 saturated heterocycles. The third-order valence-corrected chi connectivity index (χ3v) is 7.56. The Balaban J connectivity index is 1.89. The fourth-order valence-corrected chi connectivity index (χ4v) is 5.37. The van der Waals surface area contributed by atoms with Gasteiger partial charge in [0.1, 0.15) is 5.69 Å². The first-order valence-corrected chi connectivity index (χ1v) is 11.7. The van der Waals surface area contributed by atoms with Gasteiger partial charge in [-0.1, -0.05) is 36.7 Å². The highest BCUT2D eigenvalue weighted by Crippen LogP contribution is 2.35. The van der Waals surface area contributed by atoms with E-state index in [4.69, 9.17) is 16.6 Å². The molecular formula is C22H21ClN4O2S. The normalized spacial score (nSPS) is 16.4. The van der Waals surface area contributed by atoms with Gasteiger partial charge in [-0.15, -0.1) is 0 Å². The molecule has 0 unspecified atom stereocenters. The highest BCUT2D eigenvalue weighted by Gasteiger charge is 2.35. The number of anilines is 1. The number of sulfone groups is 1. The summed E-state index contributed by atoms with van der Waals surface area (Å²) in [6.07, 6.45) is 1.96. The molecule has 4 rings (SSSR count). The number of aromatic nitrogens is 2. The summed E-state index contributed by atoms with van der Waals surface area (Å²) in [6.45, 7) is 3.69. The summed E-state index contributed by atoms with van der Waals surface area (Å²) in [6, 6.07) is 15.2. The molecule has 8 heteroatoms. The molecule has 154 valence electrons. The van der Waals surface area contributed by atoms with Crippen LogP contribution in [0, 0.1) is 17.2 Å². The van der Waals surface area contributed by atoms with Crippen LogP contribution in [0.2, 0.25) is 5.02 Å². The van der Waals surface area contributed by atoms with Crippen molar-refractivity contribution in [3.05, 3.63) is 59.2 Å². The van der Waals surface area contributed by atoms with E-state index >= 15 is 0 Å². The van der Waals surface area contributed by atoms with E-state index in [0.717, 1.165) is 25.9 Å². The molecule has 0 N–H and O–H groups in total. The van der Waals surface area contributed by atoms with Crippen molar-refractivity contribution in [1.82, 2.24) is 9.97 Å². The number of benzene rings is 2. The molecule has 1 aliphatic heterocycles. The molecule has 6 nitrogen and oxygen atoms in total. The van der Waals surface area contributed by atoms with Crippen LogP contribution in [0.25, 0.3) is 11.0 Å². The quantitative estimate of drug-likeness (QED) is 0.591. The summed E-state index contributed by atoms with van der Waals surface area (Å²) in [4.78, 5) is 11.4. The lowest BCUT2D eigenvalue weighted by atomic mass is 9.99. The summed E-state index contributed by atoms with van der Waals surface area (Å²) in [5.74, 6) is 1.07. The number of fused-ring (bicyclic) bond motifs is 1. The smallest absolute Gasteiger partial charge is 0.200 e. The standard InChI is InChI=1S/C22H21ClN4O2S/c1-15-9-11-27(12-10-15)22-21(25-18-7-2-3-8-19(18)26-22)20(14-24)30(28,29)17-6-4-5-16(23)13-17/h2-8,13,15,20H,9-12H2,1H3/t20-/m0/s1. The van der Waals surface area contributed by atoms with Crippen molar-refractivity contribution >= 4 is 38.3 Å². The van der Waals surface area contributed by atoms with Crippen LogP contribution < -0.4 is 4.90 Å². The first-order chi connectivity index (χ1) is 14.4. The SMILES string of the molecule is CC1CCN(c2nc3ccccc3nc2[C@H](C#N)S(=O)(=O)c2cccc(Cl)c2)CC1. The van der Waals surface area contributed by atoms with Gasteiger partial charge in [0, 0.05) is 18.1 Å². The summed E-state index contributed by atoms with van der Waals surface area (Å²) in [5.41, 5.74) is 1.40. The molecule has 2 heterocycles. The molecule has 0 amide bonds. The number of nitriles is 1. The number of rotatable bonds is 4. The van der Waals surface area contributed by atoms with Crippen molar-refractivity contribution in [3.63, 3.8) is 0 Å². The topological polar surface area (TPSA) is 86.9 Å². The number of hydrogen-bond acceptors (Lipinski definition) is 6. The van der Waals surface area contributed by atoms with E-state index < -0.39 is 15.1 Å². The van der Waals surface area contributed by atoms with Crippen LogP contribution in [0.1, 0.15) is 30.7 Å². The Kier molecular flexibility index (Phi) is 5.63.